The average Bonchev–Trinajstić information content (AvgIpc) is 2.71. The molecule has 1 aromatic rings. The number of hydrogen-bond acceptors (Lipinski definition) is 4. The molecule has 2 aliphatic rings. The highest BCUT2D eigenvalue weighted by Gasteiger charge is 2.34. The number of nitrogens with two attached hydrogens (primary N) is 1. The third-order valence-electron chi connectivity index (χ3n) is 2.64. The zero-order valence-corrected chi connectivity index (χ0v) is 9.61. The molecule has 5 nitrogen and oxygen atoms in total. The second-order valence-electron chi connectivity index (χ2n) is 3.72. The number of nitrogens with one attached hydrogen (secondary N) is 1. The van der Waals surface area contributed by atoms with Crippen LogP contribution in [0.25, 0.3) is 0 Å². The zero-order chi connectivity index (χ0) is 11.8. The summed E-state index contributed by atoms with van der Waals surface area (Å²) in [4.78, 5) is 8.43. The topological polar surface area (TPSA) is 75.1 Å². The van der Waals surface area contributed by atoms with Crippen LogP contribution in [0, 0.1) is 5.92 Å². The lowest BCUT2D eigenvalue weighted by Gasteiger charge is -2.17. The number of hydrazone groups is 1. The van der Waals surface area contributed by atoms with Gasteiger partial charge in [0, 0.05) is 0 Å². The minimum atomic E-state index is -0.205. The first-order chi connectivity index (χ1) is 8.25. The van der Waals surface area contributed by atoms with Gasteiger partial charge >= 0.3 is 0 Å². The van der Waals surface area contributed by atoms with Gasteiger partial charge in [0.15, 0.2) is 0 Å². The van der Waals surface area contributed by atoms with E-state index in [1.165, 1.54) is 0 Å². The van der Waals surface area contributed by atoms with E-state index in [0.29, 0.717) is 16.8 Å². The van der Waals surface area contributed by atoms with Gasteiger partial charge in [0.1, 0.15) is 17.6 Å². The minimum absolute atomic E-state index is 0.205. The van der Waals surface area contributed by atoms with E-state index in [9.17, 15) is 0 Å². The molecule has 0 bridgehead atoms. The number of nitrogens with zero attached hydrogens (tertiary/aromatic N) is 3. The van der Waals surface area contributed by atoms with Gasteiger partial charge in [-0.05, 0) is 17.8 Å². The first kappa shape index (κ1) is 10.1. The fourth-order valence-corrected chi connectivity index (χ4v) is 2.08. The van der Waals surface area contributed by atoms with Crippen LogP contribution in [0.1, 0.15) is 5.56 Å². The Morgan fingerprint density at radius 2 is 1.94 bits per heavy atom. The third-order valence-corrected chi connectivity index (χ3v) is 2.83. The van der Waals surface area contributed by atoms with Crippen LogP contribution in [0.3, 0.4) is 0 Å². The number of rotatable bonds is 1. The van der Waals surface area contributed by atoms with Crippen LogP contribution in [-0.4, -0.2) is 22.5 Å². The number of benzene rings is 1. The van der Waals surface area contributed by atoms with Crippen molar-refractivity contribution < 1.29 is 0 Å². The normalized spacial score (nSPS) is 22.2. The van der Waals surface area contributed by atoms with E-state index in [0.717, 1.165) is 11.3 Å². The number of aliphatic imine (C=N–C) groups is 2. The second-order valence-corrected chi connectivity index (χ2v) is 4.09. The van der Waals surface area contributed by atoms with Crippen LogP contribution in [0.4, 0.5) is 0 Å². The summed E-state index contributed by atoms with van der Waals surface area (Å²) in [7, 11) is 0. The van der Waals surface area contributed by atoms with Crippen molar-refractivity contribution in [2.75, 3.05) is 0 Å². The molecule has 84 valence electrons. The molecule has 0 spiro atoms. The predicted molar refractivity (Wildman–Crippen MR) is 71.3 cm³/mol. The number of amidine groups is 2. The number of fused-ring (bicyclic) bond motifs is 1. The van der Waals surface area contributed by atoms with Crippen LogP contribution < -0.4 is 11.2 Å². The zero-order valence-electron chi connectivity index (χ0n) is 8.79. The van der Waals surface area contributed by atoms with Crippen molar-refractivity contribution in [1.29, 1.82) is 0 Å². The highest BCUT2D eigenvalue weighted by atomic mass is 32.1. The van der Waals surface area contributed by atoms with E-state index < -0.39 is 0 Å². The molecule has 17 heavy (non-hydrogen) atoms. The van der Waals surface area contributed by atoms with Gasteiger partial charge in [-0.15, -0.1) is 0 Å². The van der Waals surface area contributed by atoms with Crippen molar-refractivity contribution in [3.05, 3.63) is 35.9 Å². The van der Waals surface area contributed by atoms with E-state index in [2.05, 4.69) is 20.5 Å². The molecule has 0 amide bonds. The Morgan fingerprint density at radius 1 is 1.18 bits per heavy atom. The lowest BCUT2D eigenvalue weighted by Crippen LogP contribution is -2.38. The van der Waals surface area contributed by atoms with Crippen LogP contribution in [0.5, 0.6) is 0 Å². The molecule has 0 saturated carbocycles. The van der Waals surface area contributed by atoms with Crippen molar-refractivity contribution in [3.8, 4) is 0 Å². The molecule has 3 rings (SSSR count). The van der Waals surface area contributed by atoms with E-state index in [1.807, 2.05) is 30.3 Å². The summed E-state index contributed by atoms with van der Waals surface area (Å²) in [5.41, 5.74) is 10.4. The van der Waals surface area contributed by atoms with Gasteiger partial charge in [-0.1, -0.05) is 30.3 Å². The monoisotopic (exact) mass is 243 g/mol. The van der Waals surface area contributed by atoms with Gasteiger partial charge in [0.25, 0.3) is 0 Å². The molecule has 0 aromatic heterocycles. The molecule has 0 aliphatic carbocycles. The molecular weight excluding hydrogens is 234 g/mol. The number of hydrogen-bond donors (Lipinski definition) is 2. The second kappa shape index (κ2) is 3.74. The molecule has 2 aliphatic heterocycles. The molecular formula is C11H9N5S. The third kappa shape index (κ3) is 1.62. The highest BCUT2D eigenvalue weighted by Crippen LogP contribution is 2.19. The maximum absolute atomic E-state index is 5.85. The van der Waals surface area contributed by atoms with Crippen LogP contribution >= 0.6 is 12.2 Å². The SMILES string of the molecule is NC1=NNC2=NC(=S)N=C(c3ccccc3)C12. The van der Waals surface area contributed by atoms with E-state index in [4.69, 9.17) is 18.0 Å². The predicted octanol–water partition coefficient (Wildman–Crippen LogP) is 0.664. The first-order valence-electron chi connectivity index (χ1n) is 5.11. The Bertz CT molecular complexity index is 573. The Kier molecular flexibility index (Phi) is 2.22. The maximum atomic E-state index is 5.85. The molecule has 0 fully saturated rings. The molecule has 0 saturated heterocycles. The molecule has 1 atom stereocenters. The summed E-state index contributed by atoms with van der Waals surface area (Å²) >= 11 is 5.04. The standard InChI is InChI=1S/C11H9N5S/c12-9-7-8(6-4-2-1-3-5-6)13-11(17)14-10(7)16-15-9/h1-5,7H,(H2,12,15)(H,14,16,17). The van der Waals surface area contributed by atoms with Gasteiger partial charge in [0.05, 0.1) is 5.71 Å². The highest BCUT2D eigenvalue weighted by molar-refractivity contribution is 7.80. The smallest absolute Gasteiger partial charge is 0.221 e. The first-order valence-corrected chi connectivity index (χ1v) is 5.52. The van der Waals surface area contributed by atoms with Gasteiger partial charge in [-0.2, -0.15) is 5.10 Å². The van der Waals surface area contributed by atoms with Gasteiger partial charge in [0.2, 0.25) is 5.11 Å². The van der Waals surface area contributed by atoms with Crippen molar-refractivity contribution in [3.63, 3.8) is 0 Å². The maximum Gasteiger partial charge on any atom is 0.221 e. The van der Waals surface area contributed by atoms with Crippen molar-refractivity contribution in [2.45, 2.75) is 0 Å². The average molecular weight is 243 g/mol. The molecule has 6 heteroatoms. The summed E-state index contributed by atoms with van der Waals surface area (Å²) < 4.78 is 0. The van der Waals surface area contributed by atoms with Gasteiger partial charge in [-0.25, -0.2) is 9.98 Å². The lowest BCUT2D eigenvalue weighted by atomic mass is 9.94. The van der Waals surface area contributed by atoms with E-state index in [-0.39, 0.29) is 5.92 Å². The van der Waals surface area contributed by atoms with Crippen LogP contribution in [-0.2, 0) is 0 Å². The molecule has 1 unspecified atom stereocenters. The van der Waals surface area contributed by atoms with E-state index in [1.54, 1.807) is 0 Å². The molecule has 3 N–H and O–H groups in total. The summed E-state index contributed by atoms with van der Waals surface area (Å²) in [6, 6.07) is 9.78. The van der Waals surface area contributed by atoms with Crippen molar-refractivity contribution in [1.82, 2.24) is 5.43 Å². The largest absolute Gasteiger partial charge is 0.385 e. The molecule has 1 aromatic carbocycles. The summed E-state index contributed by atoms with van der Waals surface area (Å²) in [5.74, 6) is 0.916. The number of thiocarbonyl (C=S) groups is 1. The fraction of sp³-hybridized carbons (Fsp3) is 0.0909. The molecule has 2 heterocycles. The van der Waals surface area contributed by atoms with Gasteiger partial charge < -0.3 is 5.73 Å². The Hall–Kier alpha value is -2.08. The Labute approximate surface area is 103 Å². The lowest BCUT2D eigenvalue weighted by molar-refractivity contribution is 1.04. The van der Waals surface area contributed by atoms with Crippen LogP contribution in [0.2, 0.25) is 0 Å². The fourth-order valence-electron chi connectivity index (χ4n) is 1.89. The quantitative estimate of drug-likeness (QED) is 0.712. The Balaban J connectivity index is 2.10. The summed E-state index contributed by atoms with van der Waals surface area (Å²) in [6.45, 7) is 0. The minimum Gasteiger partial charge on any atom is -0.385 e. The van der Waals surface area contributed by atoms with Crippen LogP contribution in [0.15, 0.2) is 45.4 Å². The van der Waals surface area contributed by atoms with E-state index >= 15 is 0 Å². The van der Waals surface area contributed by atoms with Crippen molar-refractivity contribution in [2.24, 2.45) is 26.7 Å². The van der Waals surface area contributed by atoms with Gasteiger partial charge in [-0.3, -0.25) is 5.43 Å². The molecule has 0 radical (unpaired) electrons. The summed E-state index contributed by atoms with van der Waals surface area (Å²) in [6.07, 6.45) is 0. The van der Waals surface area contributed by atoms with Crippen molar-refractivity contribution >= 4 is 34.7 Å². The summed E-state index contributed by atoms with van der Waals surface area (Å²) in [5, 5.41) is 4.26. The Morgan fingerprint density at radius 3 is 2.71 bits per heavy atom.